The number of imidazole rings is 1. The van der Waals surface area contributed by atoms with Gasteiger partial charge in [-0.25, -0.2) is 9.78 Å². The molecule has 4 rings (SSSR count). The van der Waals surface area contributed by atoms with Crippen molar-refractivity contribution < 1.29 is 14.3 Å². The maximum atomic E-state index is 13.3. The largest absolute Gasteiger partial charge is 0.453 e. The maximum absolute atomic E-state index is 13.3. The molecule has 3 aromatic rings. The third-order valence-electron chi connectivity index (χ3n) is 5.66. The van der Waals surface area contributed by atoms with E-state index in [1.165, 1.54) is 7.11 Å². The Kier molecular flexibility index (Phi) is 7.91. The molecule has 2 amide bonds. The number of nitrogens with zero attached hydrogens (tertiary/aromatic N) is 2. The summed E-state index contributed by atoms with van der Waals surface area (Å²) < 4.78 is 4.70. The van der Waals surface area contributed by atoms with E-state index in [4.69, 9.17) is 4.74 Å². The highest BCUT2D eigenvalue weighted by atomic mass is 32.1. The number of carbonyl (C=O) groups excluding carboxylic acids is 2. The van der Waals surface area contributed by atoms with Gasteiger partial charge in [-0.3, -0.25) is 4.79 Å². The lowest BCUT2D eigenvalue weighted by Crippen LogP contribution is -2.51. The van der Waals surface area contributed by atoms with Gasteiger partial charge in [-0.2, -0.15) is 0 Å². The number of aromatic nitrogens is 2. The number of likely N-dealkylation sites (tertiary alicyclic amines) is 1. The van der Waals surface area contributed by atoms with E-state index in [0.29, 0.717) is 6.54 Å². The molecule has 1 fully saturated rings. The normalized spacial score (nSPS) is 15.7. The SMILES string of the molecule is COC(=O)NC(C(=O)N1CCCC1c1ncc(-c2ccc(C#CC#Cc3cccs3)s2)[nH]1)C(C)C. The molecule has 180 valence electrons. The molecule has 35 heavy (non-hydrogen) atoms. The summed E-state index contributed by atoms with van der Waals surface area (Å²) in [6, 6.07) is 7.09. The summed E-state index contributed by atoms with van der Waals surface area (Å²) in [5.41, 5.74) is 0.884. The summed E-state index contributed by atoms with van der Waals surface area (Å²) in [6.45, 7) is 4.43. The molecule has 0 saturated carbocycles. The number of ether oxygens (including phenoxy) is 1. The second-order valence-corrected chi connectivity index (χ2v) is 10.4. The second-order valence-electron chi connectivity index (χ2n) is 8.37. The number of rotatable bonds is 5. The first-order chi connectivity index (χ1) is 17.0. The third kappa shape index (κ3) is 5.94. The van der Waals surface area contributed by atoms with Crippen molar-refractivity contribution in [3.8, 4) is 34.3 Å². The lowest BCUT2D eigenvalue weighted by molar-refractivity contribution is -0.135. The number of hydrogen-bond acceptors (Lipinski definition) is 6. The summed E-state index contributed by atoms with van der Waals surface area (Å²) in [5.74, 6) is 12.5. The van der Waals surface area contributed by atoms with E-state index >= 15 is 0 Å². The van der Waals surface area contributed by atoms with Crippen LogP contribution in [0.2, 0.25) is 0 Å². The van der Waals surface area contributed by atoms with Crippen LogP contribution in [-0.4, -0.2) is 46.6 Å². The van der Waals surface area contributed by atoms with Gasteiger partial charge in [0.1, 0.15) is 11.9 Å². The van der Waals surface area contributed by atoms with E-state index in [0.717, 1.165) is 39.0 Å². The van der Waals surface area contributed by atoms with Crippen molar-refractivity contribution in [1.29, 1.82) is 0 Å². The van der Waals surface area contributed by atoms with Crippen LogP contribution in [0.5, 0.6) is 0 Å². The molecule has 9 heteroatoms. The molecule has 0 aliphatic carbocycles. The van der Waals surface area contributed by atoms with Gasteiger partial charge in [0.25, 0.3) is 0 Å². The minimum Gasteiger partial charge on any atom is -0.453 e. The van der Waals surface area contributed by atoms with Crippen molar-refractivity contribution in [2.75, 3.05) is 13.7 Å². The monoisotopic (exact) mass is 506 g/mol. The topological polar surface area (TPSA) is 87.3 Å². The molecule has 3 aromatic heterocycles. The summed E-state index contributed by atoms with van der Waals surface area (Å²) in [5, 5.41) is 4.66. The number of carbonyl (C=O) groups is 2. The Morgan fingerprint density at radius 1 is 1.23 bits per heavy atom. The number of nitrogens with one attached hydrogen (secondary N) is 2. The Labute approximate surface area is 212 Å². The first-order valence-corrected chi connectivity index (χ1v) is 13.0. The molecule has 2 unspecified atom stereocenters. The van der Waals surface area contributed by atoms with Gasteiger partial charge in [-0.15, -0.1) is 22.7 Å². The smallest absolute Gasteiger partial charge is 0.407 e. The Bertz CT molecular complexity index is 1300. The third-order valence-corrected chi connectivity index (χ3v) is 7.48. The van der Waals surface area contributed by atoms with Crippen LogP contribution in [0.15, 0.2) is 35.8 Å². The fraction of sp³-hybridized carbons (Fsp3) is 0.346. The molecule has 7 nitrogen and oxygen atoms in total. The molecule has 0 bridgehead atoms. The van der Waals surface area contributed by atoms with Crippen molar-refractivity contribution in [2.45, 2.75) is 38.8 Å². The number of hydrogen-bond donors (Lipinski definition) is 2. The van der Waals surface area contributed by atoms with E-state index in [1.54, 1.807) is 33.8 Å². The summed E-state index contributed by atoms with van der Waals surface area (Å²) in [4.78, 5) is 37.8. The van der Waals surface area contributed by atoms with Crippen LogP contribution < -0.4 is 5.32 Å². The minimum atomic E-state index is -0.654. The molecule has 2 N–H and O–H groups in total. The Morgan fingerprint density at radius 2 is 2.03 bits per heavy atom. The number of methoxy groups -OCH3 is 1. The molecule has 4 heterocycles. The first-order valence-electron chi connectivity index (χ1n) is 11.3. The van der Waals surface area contributed by atoms with Gasteiger partial charge in [0.15, 0.2) is 0 Å². The van der Waals surface area contributed by atoms with E-state index in [-0.39, 0.29) is 17.9 Å². The van der Waals surface area contributed by atoms with Gasteiger partial charge in [-0.1, -0.05) is 19.9 Å². The molecule has 0 radical (unpaired) electrons. The van der Waals surface area contributed by atoms with E-state index in [2.05, 4.69) is 39.0 Å². The van der Waals surface area contributed by atoms with Crippen LogP contribution in [0, 0.1) is 29.6 Å². The Hall–Kier alpha value is -3.53. The van der Waals surface area contributed by atoms with Gasteiger partial charge >= 0.3 is 6.09 Å². The number of H-pyrrole nitrogens is 1. The first kappa shape index (κ1) is 24.6. The molecule has 2 atom stereocenters. The molecule has 1 aliphatic heterocycles. The van der Waals surface area contributed by atoms with Crippen molar-refractivity contribution in [1.82, 2.24) is 20.2 Å². The second kappa shape index (κ2) is 11.3. The lowest BCUT2D eigenvalue weighted by atomic mass is 10.0. The number of alkyl carbamates (subject to hydrolysis) is 1. The highest BCUT2D eigenvalue weighted by Gasteiger charge is 2.37. The zero-order valence-corrected chi connectivity index (χ0v) is 21.4. The van der Waals surface area contributed by atoms with Crippen molar-refractivity contribution in [3.63, 3.8) is 0 Å². The van der Waals surface area contributed by atoms with Crippen LogP contribution in [0.1, 0.15) is 48.3 Å². The van der Waals surface area contributed by atoms with E-state index in [9.17, 15) is 9.59 Å². The van der Waals surface area contributed by atoms with Crippen molar-refractivity contribution in [3.05, 3.63) is 51.4 Å². The zero-order chi connectivity index (χ0) is 24.8. The predicted molar refractivity (Wildman–Crippen MR) is 138 cm³/mol. The van der Waals surface area contributed by atoms with E-state index in [1.807, 2.05) is 43.5 Å². The maximum Gasteiger partial charge on any atom is 0.407 e. The molecular weight excluding hydrogens is 480 g/mol. The zero-order valence-electron chi connectivity index (χ0n) is 19.8. The van der Waals surface area contributed by atoms with Gasteiger partial charge in [0.05, 0.1) is 39.7 Å². The summed E-state index contributed by atoms with van der Waals surface area (Å²) in [6.07, 6.45) is 2.87. The fourth-order valence-corrected chi connectivity index (χ4v) is 5.30. The van der Waals surface area contributed by atoms with Gasteiger partial charge in [0.2, 0.25) is 5.91 Å². The predicted octanol–water partition coefficient (Wildman–Crippen LogP) is 4.65. The Balaban J connectivity index is 1.46. The van der Waals surface area contributed by atoms with Crippen molar-refractivity contribution in [2.24, 2.45) is 5.92 Å². The average Bonchev–Trinajstić information content (AvgIpc) is 3.65. The van der Waals surface area contributed by atoms with Gasteiger partial charge in [-0.05, 0) is 66.0 Å². The highest BCUT2D eigenvalue weighted by molar-refractivity contribution is 7.16. The van der Waals surface area contributed by atoms with Crippen LogP contribution in [0.4, 0.5) is 4.79 Å². The summed E-state index contributed by atoms with van der Waals surface area (Å²) in [7, 11) is 1.29. The average molecular weight is 507 g/mol. The molecule has 0 aromatic carbocycles. The van der Waals surface area contributed by atoms with Gasteiger partial charge in [0, 0.05) is 6.54 Å². The standard InChI is InChI=1S/C26H26N4O3S2/c1-17(2)23(29-26(32)33-3)25(31)30-14-6-11-21(30)24-27-16-20(28-24)22-13-12-19(35-22)9-5-4-8-18-10-7-15-34-18/h7,10,12-13,15-17,21,23H,6,11,14H2,1-3H3,(H,27,28)(H,29,32). The van der Waals surface area contributed by atoms with Crippen LogP contribution in [-0.2, 0) is 9.53 Å². The molecule has 1 aliphatic rings. The number of aromatic amines is 1. The highest BCUT2D eigenvalue weighted by Crippen LogP contribution is 2.34. The van der Waals surface area contributed by atoms with Crippen LogP contribution in [0.25, 0.3) is 10.6 Å². The lowest BCUT2D eigenvalue weighted by Gasteiger charge is -2.30. The minimum absolute atomic E-state index is 0.0735. The quantitative estimate of drug-likeness (QED) is 0.494. The summed E-state index contributed by atoms with van der Waals surface area (Å²) >= 11 is 3.16. The van der Waals surface area contributed by atoms with Crippen molar-refractivity contribution >= 4 is 34.7 Å². The van der Waals surface area contributed by atoms with E-state index < -0.39 is 12.1 Å². The van der Waals surface area contributed by atoms with Crippen LogP contribution in [0.3, 0.4) is 0 Å². The fourth-order valence-electron chi connectivity index (χ4n) is 3.91. The number of thiophene rings is 2. The number of amides is 2. The molecular formula is C26H26N4O3S2. The Morgan fingerprint density at radius 3 is 2.74 bits per heavy atom. The van der Waals surface area contributed by atoms with Crippen LogP contribution >= 0.6 is 22.7 Å². The molecule has 0 spiro atoms. The molecule has 1 saturated heterocycles. The van der Waals surface area contributed by atoms with Gasteiger partial charge < -0.3 is 19.9 Å².